The number of ketones is 1. The van der Waals surface area contributed by atoms with Crippen LogP contribution in [-0.4, -0.2) is 43.8 Å². The number of pyridine rings is 1. The summed E-state index contributed by atoms with van der Waals surface area (Å²) in [5, 5.41) is 9.00. The van der Waals surface area contributed by atoms with E-state index in [1.54, 1.807) is 18.2 Å². The van der Waals surface area contributed by atoms with Crippen LogP contribution in [0.15, 0.2) is 48.7 Å². The number of carbonyl (C=O) groups excluding carboxylic acids is 3. The van der Waals surface area contributed by atoms with Gasteiger partial charge in [-0.25, -0.2) is 18.9 Å². The van der Waals surface area contributed by atoms with Gasteiger partial charge in [0.05, 0.1) is 18.4 Å². The fourth-order valence-electron chi connectivity index (χ4n) is 4.01. The largest absolute Gasteiger partial charge is 0.486 e. The topological polar surface area (TPSA) is 128 Å². The van der Waals surface area contributed by atoms with Crippen molar-refractivity contribution in [3.8, 4) is 5.75 Å². The highest BCUT2D eigenvalue weighted by atomic mass is 19.3. The molecule has 200 valence electrons. The van der Waals surface area contributed by atoms with Crippen molar-refractivity contribution in [2.24, 2.45) is 0 Å². The first-order valence-electron chi connectivity index (χ1n) is 11.8. The smallest absolute Gasteiger partial charge is 0.286 e. The zero-order valence-electron chi connectivity index (χ0n) is 20.5. The molecule has 10 nitrogen and oxygen atoms in total. The van der Waals surface area contributed by atoms with E-state index in [9.17, 15) is 27.6 Å². The van der Waals surface area contributed by atoms with E-state index in [4.69, 9.17) is 4.74 Å². The number of ether oxygens (including phenoxy) is 1. The van der Waals surface area contributed by atoms with E-state index >= 15 is 0 Å². The fraction of sp³-hybridized carbons (Fsp3) is 0.231. The van der Waals surface area contributed by atoms with Crippen LogP contribution < -0.4 is 15.4 Å². The van der Waals surface area contributed by atoms with E-state index in [0.29, 0.717) is 23.8 Å². The number of alkyl halides is 2. The Labute approximate surface area is 219 Å². The molecule has 39 heavy (non-hydrogen) atoms. The zero-order valence-corrected chi connectivity index (χ0v) is 20.5. The van der Waals surface area contributed by atoms with Gasteiger partial charge in [-0.2, -0.15) is 13.9 Å². The summed E-state index contributed by atoms with van der Waals surface area (Å²) >= 11 is 0. The Morgan fingerprint density at radius 2 is 1.87 bits per heavy atom. The highest BCUT2D eigenvalue weighted by Gasteiger charge is 2.26. The number of carbonyl (C=O) groups is 3. The van der Waals surface area contributed by atoms with Crippen LogP contribution >= 0.6 is 0 Å². The molecule has 0 fully saturated rings. The standard InChI is InChI=1S/C26H21F3N6O4/c1-26(28,29)22-4-2-3-16(33-22)11-31-25(38)20-9-19(34-23-18(27)12-32-35(20)23)24(37)30-10-14-5-6-21-15(7-14)8-17(36)13-39-21/h2-7,9,12H,8,10-11,13H2,1H3,(H,30,37)(H,31,38). The maximum atomic E-state index is 14.4. The number of benzene rings is 1. The van der Waals surface area contributed by atoms with Crippen LogP contribution in [0.25, 0.3) is 5.65 Å². The van der Waals surface area contributed by atoms with Crippen LogP contribution in [0.5, 0.6) is 5.75 Å². The molecule has 3 aromatic heterocycles. The molecule has 1 aliphatic heterocycles. The van der Waals surface area contributed by atoms with Gasteiger partial charge in [0, 0.05) is 31.5 Å². The molecule has 0 radical (unpaired) electrons. The predicted octanol–water partition coefficient (Wildman–Crippen LogP) is 2.74. The van der Waals surface area contributed by atoms with Crippen LogP contribution in [0.2, 0.25) is 0 Å². The van der Waals surface area contributed by atoms with E-state index in [1.807, 2.05) is 0 Å². The molecule has 2 amide bonds. The van der Waals surface area contributed by atoms with E-state index in [-0.39, 0.29) is 54.6 Å². The molecule has 13 heteroatoms. The second-order valence-corrected chi connectivity index (χ2v) is 8.97. The summed E-state index contributed by atoms with van der Waals surface area (Å²) in [6.45, 7) is 0.601. The summed E-state index contributed by atoms with van der Waals surface area (Å²) in [6.07, 6.45) is 1.08. The normalized spacial score (nSPS) is 13.1. The Balaban J connectivity index is 1.33. The summed E-state index contributed by atoms with van der Waals surface area (Å²) in [5.74, 6) is -4.89. The minimum absolute atomic E-state index is 0.0237. The van der Waals surface area contributed by atoms with Crippen molar-refractivity contribution in [3.63, 3.8) is 0 Å². The Hall–Kier alpha value is -4.81. The number of hydrogen-bond acceptors (Lipinski definition) is 7. The summed E-state index contributed by atoms with van der Waals surface area (Å²) in [4.78, 5) is 45.4. The molecule has 2 N–H and O–H groups in total. The predicted molar refractivity (Wildman–Crippen MR) is 130 cm³/mol. The molecule has 1 aromatic carbocycles. The third-order valence-corrected chi connectivity index (χ3v) is 5.93. The maximum Gasteiger partial charge on any atom is 0.286 e. The number of aromatic nitrogens is 4. The molecule has 5 rings (SSSR count). The number of nitrogens with one attached hydrogen (secondary N) is 2. The van der Waals surface area contributed by atoms with Gasteiger partial charge in [-0.05, 0) is 29.8 Å². The van der Waals surface area contributed by atoms with E-state index < -0.39 is 29.2 Å². The first-order valence-corrected chi connectivity index (χ1v) is 11.8. The van der Waals surface area contributed by atoms with Crippen molar-refractivity contribution in [1.29, 1.82) is 0 Å². The van der Waals surface area contributed by atoms with Gasteiger partial charge in [-0.15, -0.1) is 0 Å². The Bertz CT molecular complexity index is 1620. The van der Waals surface area contributed by atoms with Crippen LogP contribution in [0.1, 0.15) is 50.4 Å². The maximum absolute atomic E-state index is 14.4. The number of Topliss-reactive ketones (excluding diaryl/α,β-unsaturated/α-hetero) is 1. The monoisotopic (exact) mass is 538 g/mol. The van der Waals surface area contributed by atoms with Gasteiger partial charge in [-0.3, -0.25) is 14.4 Å². The Morgan fingerprint density at radius 3 is 2.67 bits per heavy atom. The van der Waals surface area contributed by atoms with E-state index in [1.165, 1.54) is 18.2 Å². The second-order valence-electron chi connectivity index (χ2n) is 8.97. The number of nitrogens with zero attached hydrogens (tertiary/aromatic N) is 4. The third-order valence-electron chi connectivity index (χ3n) is 5.93. The van der Waals surface area contributed by atoms with Gasteiger partial charge in [0.1, 0.15) is 29.4 Å². The number of rotatable bonds is 7. The summed E-state index contributed by atoms with van der Waals surface area (Å²) in [6, 6.07) is 10.4. The quantitative estimate of drug-likeness (QED) is 0.370. The first kappa shape index (κ1) is 25.8. The summed E-state index contributed by atoms with van der Waals surface area (Å²) in [7, 11) is 0. The molecular formula is C26H21F3N6O4. The zero-order chi connectivity index (χ0) is 27.7. The molecule has 4 heterocycles. The Morgan fingerprint density at radius 1 is 1.08 bits per heavy atom. The van der Waals surface area contributed by atoms with Crippen molar-refractivity contribution in [3.05, 3.63) is 88.4 Å². The van der Waals surface area contributed by atoms with Gasteiger partial charge < -0.3 is 15.4 Å². The van der Waals surface area contributed by atoms with Gasteiger partial charge in [0.25, 0.3) is 17.7 Å². The molecule has 1 aliphatic rings. The summed E-state index contributed by atoms with van der Waals surface area (Å²) in [5.41, 5.74) is 0.344. The lowest BCUT2D eigenvalue weighted by atomic mass is 10.0. The Kier molecular flexibility index (Phi) is 6.73. The SMILES string of the molecule is CC(F)(F)c1cccc(CNC(=O)c2cc(C(=O)NCc3ccc4c(c3)CC(=O)CO4)nc3c(F)cnn23)n1. The van der Waals surface area contributed by atoms with Gasteiger partial charge in [0.2, 0.25) is 0 Å². The molecule has 4 aromatic rings. The molecule has 0 bridgehead atoms. The number of amides is 2. The molecule has 0 atom stereocenters. The second kappa shape index (κ2) is 10.2. The molecular weight excluding hydrogens is 517 g/mol. The van der Waals surface area contributed by atoms with Gasteiger partial charge >= 0.3 is 0 Å². The highest BCUT2D eigenvalue weighted by Crippen LogP contribution is 2.25. The molecule has 0 saturated heterocycles. The average Bonchev–Trinajstić information content (AvgIpc) is 3.29. The van der Waals surface area contributed by atoms with Crippen molar-refractivity contribution in [1.82, 2.24) is 30.2 Å². The lowest BCUT2D eigenvalue weighted by molar-refractivity contribution is -0.121. The first-order chi connectivity index (χ1) is 18.6. The van der Waals surface area contributed by atoms with Crippen molar-refractivity contribution in [2.75, 3.05) is 6.61 Å². The molecule has 0 unspecified atom stereocenters. The lowest BCUT2D eigenvalue weighted by Crippen LogP contribution is -2.29. The summed E-state index contributed by atoms with van der Waals surface area (Å²) < 4.78 is 47.8. The number of halogens is 3. The van der Waals surface area contributed by atoms with E-state index in [0.717, 1.165) is 16.8 Å². The third kappa shape index (κ3) is 5.56. The van der Waals surface area contributed by atoms with Crippen LogP contribution in [0, 0.1) is 5.82 Å². The molecule has 0 aliphatic carbocycles. The van der Waals surface area contributed by atoms with Crippen molar-refractivity contribution < 1.29 is 32.3 Å². The van der Waals surface area contributed by atoms with E-state index in [2.05, 4.69) is 25.7 Å². The molecule has 0 spiro atoms. The average molecular weight is 538 g/mol. The fourth-order valence-corrected chi connectivity index (χ4v) is 4.01. The number of fused-ring (bicyclic) bond motifs is 2. The minimum Gasteiger partial charge on any atom is -0.486 e. The lowest BCUT2D eigenvalue weighted by Gasteiger charge is -2.17. The highest BCUT2D eigenvalue weighted by molar-refractivity contribution is 5.98. The number of hydrogen-bond donors (Lipinski definition) is 2. The van der Waals surface area contributed by atoms with Crippen LogP contribution in [0.4, 0.5) is 13.2 Å². The van der Waals surface area contributed by atoms with Crippen LogP contribution in [-0.2, 0) is 30.2 Å². The van der Waals surface area contributed by atoms with Gasteiger partial charge in [-0.1, -0.05) is 12.1 Å². The van der Waals surface area contributed by atoms with Crippen molar-refractivity contribution >= 4 is 23.2 Å². The molecule has 0 saturated carbocycles. The van der Waals surface area contributed by atoms with Gasteiger partial charge in [0.15, 0.2) is 17.2 Å². The van der Waals surface area contributed by atoms with Crippen molar-refractivity contribution in [2.45, 2.75) is 32.4 Å². The minimum atomic E-state index is -3.16. The van der Waals surface area contributed by atoms with Crippen LogP contribution in [0.3, 0.4) is 0 Å².